The summed E-state index contributed by atoms with van der Waals surface area (Å²) in [5.74, 6) is 1.99. The van der Waals surface area contributed by atoms with Crippen molar-refractivity contribution in [3.8, 4) is 29.1 Å². The largest absolute Gasteiger partial charge is 0.508 e. The summed E-state index contributed by atoms with van der Waals surface area (Å²) in [6, 6.07) is 11.8. The lowest BCUT2D eigenvalue weighted by molar-refractivity contribution is 0.411. The first kappa shape index (κ1) is 21.1. The summed E-state index contributed by atoms with van der Waals surface area (Å²) in [5.41, 5.74) is 8.10. The Hall–Kier alpha value is -4.14. The van der Waals surface area contributed by atoms with Crippen molar-refractivity contribution in [3.05, 3.63) is 59.4 Å². The number of benzene rings is 2. The number of nitrogens with two attached hydrogens (primary N) is 1. The summed E-state index contributed by atoms with van der Waals surface area (Å²) >= 11 is 0. The van der Waals surface area contributed by atoms with Gasteiger partial charge in [-0.05, 0) is 37.6 Å². The highest BCUT2D eigenvalue weighted by Crippen LogP contribution is 2.33. The van der Waals surface area contributed by atoms with Crippen LogP contribution in [0.3, 0.4) is 0 Å². The van der Waals surface area contributed by atoms with E-state index < -0.39 is 0 Å². The van der Waals surface area contributed by atoms with E-state index in [1.54, 1.807) is 30.3 Å². The van der Waals surface area contributed by atoms with Gasteiger partial charge in [0, 0.05) is 24.6 Å². The summed E-state index contributed by atoms with van der Waals surface area (Å²) in [4.78, 5) is 13.7. The molecule has 0 fully saturated rings. The van der Waals surface area contributed by atoms with Gasteiger partial charge in [0.1, 0.15) is 28.9 Å². The third-order valence-corrected chi connectivity index (χ3v) is 4.99. The first-order valence-electron chi connectivity index (χ1n) is 10.3. The average molecular weight is 432 g/mol. The maximum atomic E-state index is 9.79. The van der Waals surface area contributed by atoms with E-state index >= 15 is 0 Å². The molecule has 0 amide bonds. The minimum atomic E-state index is -0.0595. The Morgan fingerprint density at radius 2 is 1.91 bits per heavy atom. The highest BCUT2D eigenvalue weighted by Gasteiger charge is 2.20. The number of aromatic hydroxyl groups is 1. The van der Waals surface area contributed by atoms with Crippen LogP contribution >= 0.6 is 0 Å². The van der Waals surface area contributed by atoms with Crippen LogP contribution in [0.4, 0.5) is 0 Å². The molecule has 0 aliphatic rings. The molecule has 0 bridgehead atoms. The number of amidine groups is 1. The zero-order chi connectivity index (χ0) is 22.8. The highest BCUT2D eigenvalue weighted by atomic mass is 16.5. The van der Waals surface area contributed by atoms with E-state index in [-0.39, 0.29) is 23.5 Å². The summed E-state index contributed by atoms with van der Waals surface area (Å²) in [7, 11) is 0. The van der Waals surface area contributed by atoms with Gasteiger partial charge in [0.2, 0.25) is 0 Å². The molecule has 164 valence electrons. The lowest BCUT2D eigenvalue weighted by Crippen LogP contribution is -2.11. The molecule has 4 aromatic rings. The highest BCUT2D eigenvalue weighted by molar-refractivity contribution is 5.95. The second-order valence-corrected chi connectivity index (χ2v) is 7.20. The normalized spacial score (nSPS) is 11.0. The van der Waals surface area contributed by atoms with Gasteiger partial charge >= 0.3 is 6.01 Å². The molecule has 2 aromatic heterocycles. The van der Waals surface area contributed by atoms with Crippen LogP contribution in [-0.2, 0) is 13.0 Å². The first-order chi connectivity index (χ1) is 15.4. The summed E-state index contributed by atoms with van der Waals surface area (Å²) in [6.45, 7) is 6.58. The van der Waals surface area contributed by atoms with Crippen molar-refractivity contribution in [2.75, 3.05) is 0 Å². The molecular formula is C23H24N6O3. The molecule has 9 heteroatoms. The maximum Gasteiger partial charge on any atom is 0.327 e. The molecule has 2 aromatic carbocycles. The van der Waals surface area contributed by atoms with Gasteiger partial charge in [0.25, 0.3) is 5.88 Å². The number of nitrogens with zero attached hydrogens (tertiary/aromatic N) is 4. The van der Waals surface area contributed by atoms with Crippen molar-refractivity contribution in [3.63, 3.8) is 0 Å². The number of nitrogens with one attached hydrogen (secondary N) is 1. The maximum absolute atomic E-state index is 9.79. The Kier molecular flexibility index (Phi) is 5.63. The third kappa shape index (κ3) is 4.04. The molecule has 0 radical (unpaired) electrons. The number of imidazole rings is 1. The quantitative estimate of drug-likeness (QED) is 0.293. The fourth-order valence-corrected chi connectivity index (χ4v) is 3.36. The average Bonchev–Trinajstić information content (AvgIpc) is 3.13. The third-order valence-electron chi connectivity index (χ3n) is 4.99. The smallest absolute Gasteiger partial charge is 0.327 e. The summed E-state index contributed by atoms with van der Waals surface area (Å²) in [6.07, 6.45) is 0.714. The molecule has 32 heavy (non-hydrogen) atoms. The minimum absolute atomic E-state index is 0.0595. The number of fused-ring (bicyclic) bond motifs is 1. The first-order valence-corrected chi connectivity index (χ1v) is 10.3. The van der Waals surface area contributed by atoms with Crippen LogP contribution in [0, 0.1) is 12.3 Å². The van der Waals surface area contributed by atoms with Gasteiger partial charge in [-0.15, -0.1) is 0 Å². The van der Waals surface area contributed by atoms with Crippen LogP contribution < -0.4 is 15.2 Å². The topological polar surface area (TPSA) is 132 Å². The van der Waals surface area contributed by atoms with Crippen LogP contribution in [0.5, 0.6) is 29.1 Å². The van der Waals surface area contributed by atoms with Crippen LogP contribution in [0.15, 0.2) is 42.5 Å². The summed E-state index contributed by atoms with van der Waals surface area (Å²) < 4.78 is 14.0. The molecule has 4 N–H and O–H groups in total. The van der Waals surface area contributed by atoms with E-state index in [0.29, 0.717) is 41.2 Å². The number of aryl methyl sites for hydroxylation is 3. The number of rotatable bonds is 7. The lowest BCUT2D eigenvalue weighted by Gasteiger charge is -2.11. The van der Waals surface area contributed by atoms with E-state index in [4.69, 9.17) is 20.6 Å². The van der Waals surface area contributed by atoms with E-state index in [1.165, 1.54) is 6.07 Å². The minimum Gasteiger partial charge on any atom is -0.508 e. The van der Waals surface area contributed by atoms with Crippen molar-refractivity contribution in [1.29, 1.82) is 5.41 Å². The molecule has 9 nitrogen and oxygen atoms in total. The monoisotopic (exact) mass is 432 g/mol. The molecule has 0 atom stereocenters. The molecule has 2 heterocycles. The SMILES string of the molecule is CCc1nc2c(Oc3cccc(O)c3)nc(Oc3cc(C(=N)N)ccc3C)nc2n1CC. The van der Waals surface area contributed by atoms with Gasteiger partial charge in [-0.1, -0.05) is 25.1 Å². The van der Waals surface area contributed by atoms with Crippen molar-refractivity contribution in [2.24, 2.45) is 5.73 Å². The Labute approximate surface area is 185 Å². The Morgan fingerprint density at radius 3 is 2.59 bits per heavy atom. The van der Waals surface area contributed by atoms with Gasteiger partial charge in [0.05, 0.1) is 0 Å². The van der Waals surface area contributed by atoms with Gasteiger partial charge in [0.15, 0.2) is 11.2 Å². The predicted molar refractivity (Wildman–Crippen MR) is 121 cm³/mol. The second-order valence-electron chi connectivity index (χ2n) is 7.20. The van der Waals surface area contributed by atoms with E-state index in [9.17, 15) is 5.11 Å². The molecule has 0 saturated carbocycles. The van der Waals surface area contributed by atoms with Crippen molar-refractivity contribution < 1.29 is 14.6 Å². The Morgan fingerprint density at radius 1 is 1.09 bits per heavy atom. The van der Waals surface area contributed by atoms with E-state index in [0.717, 1.165) is 11.4 Å². The zero-order valence-corrected chi connectivity index (χ0v) is 18.1. The number of phenolic OH excluding ortho intramolecular Hbond substituents is 1. The van der Waals surface area contributed by atoms with Crippen LogP contribution in [0.1, 0.15) is 30.8 Å². The molecule has 0 unspecified atom stereocenters. The zero-order valence-electron chi connectivity index (χ0n) is 18.1. The van der Waals surface area contributed by atoms with Gasteiger partial charge in [-0.3, -0.25) is 5.41 Å². The number of aromatic nitrogens is 4. The van der Waals surface area contributed by atoms with Crippen molar-refractivity contribution in [1.82, 2.24) is 19.5 Å². The summed E-state index contributed by atoms with van der Waals surface area (Å²) in [5, 5.41) is 17.5. The molecular weight excluding hydrogens is 408 g/mol. The molecule has 0 spiro atoms. The molecule has 0 saturated heterocycles. The Bertz CT molecular complexity index is 1310. The lowest BCUT2D eigenvalue weighted by atomic mass is 10.1. The molecule has 0 aliphatic carbocycles. The fraction of sp³-hybridized carbons (Fsp3) is 0.217. The number of phenols is 1. The van der Waals surface area contributed by atoms with E-state index in [1.807, 2.05) is 31.4 Å². The van der Waals surface area contributed by atoms with Crippen LogP contribution in [-0.4, -0.2) is 30.5 Å². The number of hydrogen-bond donors (Lipinski definition) is 3. The number of ether oxygens (including phenoxy) is 2. The Balaban J connectivity index is 1.84. The fourth-order valence-electron chi connectivity index (χ4n) is 3.36. The number of hydrogen-bond acceptors (Lipinski definition) is 7. The standard InChI is InChI=1S/C23H24N6O3/c1-4-18-26-19-21(29(18)5-2)27-23(28-22(19)31-16-8-6-7-15(30)12-16)32-17-11-14(20(24)25)10-9-13(17)3/h6-12,30H,4-5H2,1-3H3,(H3,24,25). The van der Waals surface area contributed by atoms with Gasteiger partial charge < -0.3 is 24.9 Å². The van der Waals surface area contributed by atoms with Crippen LogP contribution in [0.2, 0.25) is 0 Å². The second kappa shape index (κ2) is 8.54. The molecule has 4 rings (SSSR count). The van der Waals surface area contributed by atoms with Gasteiger partial charge in [-0.25, -0.2) is 4.98 Å². The number of nitrogen functional groups attached to an aromatic ring is 1. The van der Waals surface area contributed by atoms with E-state index in [2.05, 4.69) is 15.0 Å². The predicted octanol–water partition coefficient (Wildman–Crippen LogP) is 4.29. The van der Waals surface area contributed by atoms with Crippen LogP contribution in [0.25, 0.3) is 11.2 Å². The molecule has 0 aliphatic heterocycles. The van der Waals surface area contributed by atoms with Crippen molar-refractivity contribution >= 4 is 17.0 Å². The van der Waals surface area contributed by atoms with Crippen molar-refractivity contribution in [2.45, 2.75) is 33.7 Å². The van der Waals surface area contributed by atoms with Gasteiger partial charge in [-0.2, -0.15) is 9.97 Å².